The number of halogens is 11. The van der Waals surface area contributed by atoms with E-state index in [2.05, 4.69) is 20.0 Å². The molecule has 0 bridgehead atoms. The first-order chi connectivity index (χ1) is 28.5. The number of amides is 2. The monoisotopic (exact) mass is 1030 g/mol. The molecule has 0 unspecified atom stereocenters. The maximum absolute atomic E-state index is 15.8. The number of hydrazine groups is 1. The molecule has 0 aliphatic heterocycles. The first kappa shape index (κ1) is 54.6. The zero-order valence-electron chi connectivity index (χ0n) is 33.9. The number of aliphatic hydroxyl groups is 1. The standard InChI is InChI=1S/C39H44F10IN5O7.CH4/c1-36(2,38(44,45)46)25(17-31(58)61-5)33(59)53-54(18-24-26(40)14-21(15-27(24)41)28-11-12-55(52-28)34(42)43)19-30(57)22(13-20-7-9-23(50)10-8-20)16-29(56)32(51-35(60)62-6)37(3,4)39(47,48)49;/h7-12,14-15,22,25,30,32,34,57H,13,16-19H2,1-6H3,(H,51,60)(H,53,59);1H4/t22-,25-,30+,32-;/m1./s1. The van der Waals surface area contributed by atoms with Crippen LogP contribution in [0.4, 0.5) is 48.7 Å². The molecule has 63 heavy (non-hydrogen) atoms. The first-order valence-corrected chi connectivity index (χ1v) is 19.5. The van der Waals surface area contributed by atoms with Crippen molar-refractivity contribution in [1.29, 1.82) is 0 Å². The van der Waals surface area contributed by atoms with Crippen LogP contribution in [0.5, 0.6) is 0 Å². The van der Waals surface area contributed by atoms with Gasteiger partial charge in [-0.2, -0.15) is 40.2 Å². The molecular weight excluding hydrogens is 979 g/mol. The molecule has 3 N–H and O–H groups in total. The number of aliphatic hydroxyl groups excluding tert-OH is 1. The van der Waals surface area contributed by atoms with E-state index in [0.29, 0.717) is 50.4 Å². The molecule has 4 atom stereocenters. The first-order valence-electron chi connectivity index (χ1n) is 18.4. The lowest BCUT2D eigenvalue weighted by Crippen LogP contribution is -2.57. The van der Waals surface area contributed by atoms with Gasteiger partial charge in [-0.15, -0.1) is 0 Å². The van der Waals surface area contributed by atoms with Crippen LogP contribution in [0.25, 0.3) is 11.3 Å². The molecule has 3 aromatic rings. The number of ketones is 1. The molecule has 3 rings (SSSR count). The van der Waals surface area contributed by atoms with Crippen LogP contribution >= 0.6 is 22.6 Å². The van der Waals surface area contributed by atoms with Gasteiger partial charge in [0.25, 0.3) is 0 Å². The number of carbonyl (C=O) groups is 4. The van der Waals surface area contributed by atoms with E-state index in [1.165, 1.54) is 0 Å². The van der Waals surface area contributed by atoms with Crippen molar-refractivity contribution < 1.29 is 77.7 Å². The summed E-state index contributed by atoms with van der Waals surface area (Å²) in [5.74, 6) is -10.5. The maximum atomic E-state index is 15.8. The average Bonchev–Trinajstić information content (AvgIpc) is 3.67. The van der Waals surface area contributed by atoms with E-state index >= 15 is 8.78 Å². The largest absolute Gasteiger partial charge is 0.469 e. The van der Waals surface area contributed by atoms with Gasteiger partial charge in [0, 0.05) is 40.4 Å². The number of Topliss-reactive ketones (excluding diaryl/α,β-unsaturated/α-hetero) is 1. The number of nitrogens with zero attached hydrogens (tertiary/aromatic N) is 3. The SMILES string of the molecule is C.COC(=O)C[C@H](C(=O)NN(Cc1c(F)cc(-c2ccn(C(F)F)n2)cc1F)C[C@H](O)[C@@H](CC(=O)[C@@H](NC(=O)OC)C(C)(C)C(F)(F)F)Cc1ccc(I)cc1)C(C)(C)C(F)(F)F. The molecule has 0 saturated carbocycles. The van der Waals surface area contributed by atoms with Crippen molar-refractivity contribution >= 4 is 46.3 Å². The highest BCUT2D eigenvalue weighted by Crippen LogP contribution is 2.45. The fourth-order valence-corrected chi connectivity index (χ4v) is 6.58. The van der Waals surface area contributed by atoms with Gasteiger partial charge in [0.2, 0.25) is 5.91 Å². The van der Waals surface area contributed by atoms with E-state index in [1.54, 1.807) is 24.3 Å². The van der Waals surface area contributed by atoms with Gasteiger partial charge in [-0.25, -0.2) is 23.3 Å². The Morgan fingerprint density at radius 2 is 1.43 bits per heavy atom. The Morgan fingerprint density at radius 3 is 1.90 bits per heavy atom. The van der Waals surface area contributed by atoms with Crippen LogP contribution in [0.15, 0.2) is 48.7 Å². The summed E-state index contributed by atoms with van der Waals surface area (Å²) >= 11 is 1.98. The lowest BCUT2D eigenvalue weighted by molar-refractivity contribution is -0.231. The number of ether oxygens (including phenoxy) is 2. The minimum atomic E-state index is -5.13. The summed E-state index contributed by atoms with van der Waals surface area (Å²) in [6.45, 7) is -2.65. The number of methoxy groups -OCH3 is 2. The minimum Gasteiger partial charge on any atom is -0.469 e. The molecule has 1 aromatic heterocycles. The highest BCUT2D eigenvalue weighted by molar-refractivity contribution is 14.1. The minimum absolute atomic E-state index is 0. The number of rotatable bonds is 19. The Hall–Kier alpha value is -4.52. The Morgan fingerprint density at radius 1 is 0.873 bits per heavy atom. The van der Waals surface area contributed by atoms with Crippen LogP contribution in [-0.2, 0) is 36.8 Å². The van der Waals surface area contributed by atoms with Crippen LogP contribution in [0.2, 0.25) is 0 Å². The van der Waals surface area contributed by atoms with Crippen LogP contribution < -0.4 is 10.7 Å². The molecule has 2 amide bonds. The Labute approximate surface area is 370 Å². The van der Waals surface area contributed by atoms with Crippen molar-refractivity contribution in [2.75, 3.05) is 20.8 Å². The smallest absolute Gasteiger partial charge is 0.407 e. The normalized spacial score (nSPS) is 14.3. The van der Waals surface area contributed by atoms with E-state index in [1.807, 2.05) is 27.9 Å². The summed E-state index contributed by atoms with van der Waals surface area (Å²) in [5.41, 5.74) is -4.86. The molecule has 0 fully saturated rings. The fraction of sp³-hybridized carbons (Fsp3) is 0.525. The molecule has 352 valence electrons. The van der Waals surface area contributed by atoms with E-state index in [0.717, 1.165) is 30.1 Å². The van der Waals surface area contributed by atoms with Crippen molar-refractivity contribution in [2.45, 2.75) is 92.0 Å². The number of benzene rings is 2. The van der Waals surface area contributed by atoms with Crippen molar-refractivity contribution in [3.63, 3.8) is 0 Å². The second-order valence-electron chi connectivity index (χ2n) is 15.4. The Bertz CT molecular complexity index is 2020. The molecule has 0 saturated heterocycles. The number of alkyl carbamates (subject to hydrolysis) is 1. The van der Waals surface area contributed by atoms with Gasteiger partial charge in [-0.3, -0.25) is 19.8 Å². The zero-order valence-corrected chi connectivity index (χ0v) is 36.1. The molecule has 1 heterocycles. The van der Waals surface area contributed by atoms with Gasteiger partial charge in [0.05, 0.1) is 49.2 Å². The number of hydrogen-bond acceptors (Lipinski definition) is 9. The summed E-state index contributed by atoms with van der Waals surface area (Å²) in [5, 5.41) is 17.8. The number of aromatic nitrogens is 2. The van der Waals surface area contributed by atoms with E-state index in [-0.39, 0.29) is 29.8 Å². The van der Waals surface area contributed by atoms with Crippen LogP contribution in [-0.4, -0.2) is 88.9 Å². The van der Waals surface area contributed by atoms with Gasteiger partial charge >= 0.3 is 31.0 Å². The number of hydrogen-bond donors (Lipinski definition) is 3. The summed E-state index contributed by atoms with van der Waals surface area (Å²) in [4.78, 5) is 52.1. The third-order valence-electron chi connectivity index (χ3n) is 10.4. The summed E-state index contributed by atoms with van der Waals surface area (Å²) < 4.78 is 154. The molecule has 0 aliphatic carbocycles. The number of nitrogens with one attached hydrogen (secondary N) is 2. The van der Waals surface area contributed by atoms with Crippen molar-refractivity contribution in [2.24, 2.45) is 22.7 Å². The van der Waals surface area contributed by atoms with E-state index in [9.17, 15) is 59.4 Å². The van der Waals surface area contributed by atoms with Crippen molar-refractivity contribution in [3.05, 3.63) is 75.0 Å². The van der Waals surface area contributed by atoms with Gasteiger partial charge in [0.1, 0.15) is 17.7 Å². The topological polar surface area (TPSA) is 152 Å². The van der Waals surface area contributed by atoms with E-state index in [4.69, 9.17) is 0 Å². The lowest BCUT2D eigenvalue weighted by atomic mass is 9.75. The molecule has 0 radical (unpaired) electrons. The zero-order chi connectivity index (χ0) is 47.1. The van der Waals surface area contributed by atoms with Crippen molar-refractivity contribution in [1.82, 2.24) is 25.5 Å². The van der Waals surface area contributed by atoms with Gasteiger partial charge in [-0.05, 0) is 84.7 Å². The van der Waals surface area contributed by atoms with Crippen LogP contribution in [0, 0.1) is 37.9 Å². The third-order valence-corrected chi connectivity index (χ3v) is 11.1. The predicted molar refractivity (Wildman–Crippen MR) is 215 cm³/mol. The Balaban J connectivity index is 0.0000137. The lowest BCUT2D eigenvalue weighted by Gasteiger charge is -2.37. The molecular formula is C40H48F10IN5O7. The molecule has 12 nitrogen and oxygen atoms in total. The van der Waals surface area contributed by atoms with E-state index < -0.39 is 121 Å². The van der Waals surface area contributed by atoms with Crippen LogP contribution in [0.3, 0.4) is 0 Å². The summed E-state index contributed by atoms with van der Waals surface area (Å²) in [7, 11) is 1.69. The predicted octanol–water partition coefficient (Wildman–Crippen LogP) is 8.56. The molecule has 0 aliphatic rings. The molecule has 23 heteroatoms. The summed E-state index contributed by atoms with van der Waals surface area (Å²) in [6, 6.07) is 6.48. The summed E-state index contributed by atoms with van der Waals surface area (Å²) in [6.07, 6.45) is -15.1. The van der Waals surface area contributed by atoms with Gasteiger partial charge in [0.15, 0.2) is 5.78 Å². The molecule has 0 spiro atoms. The fourth-order valence-electron chi connectivity index (χ4n) is 6.22. The van der Waals surface area contributed by atoms with Gasteiger partial charge in [-0.1, -0.05) is 33.4 Å². The molecule has 2 aromatic carbocycles. The quantitative estimate of drug-likeness (QED) is 0.0465. The number of esters is 1. The Kier molecular flexibility index (Phi) is 19.0. The average molecular weight is 1030 g/mol. The maximum Gasteiger partial charge on any atom is 0.407 e. The second-order valence-corrected chi connectivity index (χ2v) is 16.6. The highest BCUT2D eigenvalue weighted by Gasteiger charge is 2.57. The second kappa shape index (κ2) is 21.9. The number of carbonyl (C=O) groups excluding carboxylic acids is 4. The number of alkyl halides is 8. The van der Waals surface area contributed by atoms with Gasteiger partial charge < -0.3 is 19.9 Å². The highest BCUT2D eigenvalue weighted by atomic mass is 127. The van der Waals surface area contributed by atoms with Crippen molar-refractivity contribution in [3.8, 4) is 11.3 Å². The van der Waals surface area contributed by atoms with Crippen LogP contribution in [0.1, 0.15) is 65.6 Å². The third kappa shape index (κ3) is 14.0.